The minimum absolute atomic E-state index is 0.181. The van der Waals surface area contributed by atoms with Gasteiger partial charge in [0, 0.05) is 19.5 Å². The van der Waals surface area contributed by atoms with E-state index in [1.54, 1.807) is 0 Å². The molecule has 6 nitrogen and oxygen atoms in total. The van der Waals surface area contributed by atoms with Crippen LogP contribution in [0.1, 0.15) is 39.0 Å². The second kappa shape index (κ2) is 9.58. The van der Waals surface area contributed by atoms with E-state index >= 15 is 0 Å². The minimum atomic E-state index is -0.402. The Hall–Kier alpha value is -1.30. The third kappa shape index (κ3) is 7.99. The van der Waals surface area contributed by atoms with Crippen molar-refractivity contribution in [3.05, 3.63) is 0 Å². The fourth-order valence-electron chi connectivity index (χ4n) is 2.31. The first kappa shape index (κ1) is 16.8. The van der Waals surface area contributed by atoms with E-state index in [2.05, 4.69) is 22.5 Å². The molecule has 3 amide bonds. The molecule has 116 valence electrons. The molecule has 0 aromatic rings. The minimum Gasteiger partial charge on any atom is -0.370 e. The smallest absolute Gasteiger partial charge is 0.314 e. The van der Waals surface area contributed by atoms with Gasteiger partial charge in [0.1, 0.15) is 0 Å². The van der Waals surface area contributed by atoms with Gasteiger partial charge in [-0.25, -0.2) is 4.79 Å². The molecule has 1 aliphatic rings. The highest BCUT2D eigenvalue weighted by atomic mass is 16.2. The average molecular weight is 284 g/mol. The highest BCUT2D eigenvalue weighted by Crippen LogP contribution is 2.15. The van der Waals surface area contributed by atoms with Crippen LogP contribution in [0.25, 0.3) is 0 Å². The van der Waals surface area contributed by atoms with E-state index in [9.17, 15) is 9.59 Å². The van der Waals surface area contributed by atoms with E-state index in [0.717, 1.165) is 25.3 Å². The van der Waals surface area contributed by atoms with Gasteiger partial charge in [-0.3, -0.25) is 4.79 Å². The van der Waals surface area contributed by atoms with Crippen molar-refractivity contribution in [2.45, 2.75) is 39.0 Å². The van der Waals surface area contributed by atoms with Crippen molar-refractivity contribution in [1.29, 1.82) is 0 Å². The lowest BCUT2D eigenvalue weighted by Gasteiger charge is -2.30. The van der Waals surface area contributed by atoms with Crippen LogP contribution in [0.3, 0.4) is 0 Å². The maximum absolute atomic E-state index is 11.3. The first-order chi connectivity index (χ1) is 9.58. The van der Waals surface area contributed by atoms with Crippen molar-refractivity contribution >= 4 is 11.9 Å². The van der Waals surface area contributed by atoms with E-state index in [1.807, 2.05) is 0 Å². The van der Waals surface area contributed by atoms with Crippen molar-refractivity contribution in [2.75, 3.05) is 32.7 Å². The monoisotopic (exact) mass is 284 g/mol. The number of primary amides is 1. The van der Waals surface area contributed by atoms with Gasteiger partial charge in [0.2, 0.25) is 5.91 Å². The molecule has 0 bridgehead atoms. The SMILES string of the molecule is CC1CCN(CCCCNC(=O)NCCC(N)=O)CC1. The summed E-state index contributed by atoms with van der Waals surface area (Å²) in [5, 5.41) is 5.38. The molecule has 0 aliphatic carbocycles. The summed E-state index contributed by atoms with van der Waals surface area (Å²) in [6.07, 6.45) is 4.88. The van der Waals surface area contributed by atoms with Gasteiger partial charge in [0.25, 0.3) is 0 Å². The van der Waals surface area contributed by atoms with Crippen molar-refractivity contribution in [3.8, 4) is 0 Å². The van der Waals surface area contributed by atoms with E-state index in [4.69, 9.17) is 5.73 Å². The van der Waals surface area contributed by atoms with E-state index < -0.39 is 5.91 Å². The number of nitrogens with two attached hydrogens (primary N) is 1. The third-order valence-electron chi connectivity index (χ3n) is 3.72. The van der Waals surface area contributed by atoms with Gasteiger partial charge < -0.3 is 21.3 Å². The topological polar surface area (TPSA) is 87.5 Å². The summed E-state index contributed by atoms with van der Waals surface area (Å²) in [4.78, 5) is 24.3. The first-order valence-electron chi connectivity index (χ1n) is 7.60. The molecule has 4 N–H and O–H groups in total. The second-order valence-corrected chi connectivity index (χ2v) is 5.63. The van der Waals surface area contributed by atoms with Gasteiger partial charge in [-0.15, -0.1) is 0 Å². The molecule has 0 aromatic carbocycles. The number of hydrogen-bond donors (Lipinski definition) is 3. The summed E-state index contributed by atoms with van der Waals surface area (Å²) < 4.78 is 0. The Bertz CT molecular complexity index is 302. The molecular weight excluding hydrogens is 256 g/mol. The Balaban J connectivity index is 1.91. The van der Waals surface area contributed by atoms with Crippen LogP contribution in [-0.2, 0) is 4.79 Å². The second-order valence-electron chi connectivity index (χ2n) is 5.63. The van der Waals surface area contributed by atoms with Gasteiger partial charge >= 0.3 is 6.03 Å². The molecular formula is C14H28N4O2. The Morgan fingerprint density at radius 2 is 1.80 bits per heavy atom. The number of carbonyl (C=O) groups excluding carboxylic acids is 2. The Labute approximate surface area is 121 Å². The predicted molar refractivity (Wildman–Crippen MR) is 79.3 cm³/mol. The summed E-state index contributed by atoms with van der Waals surface area (Å²) in [5.74, 6) is 0.471. The lowest BCUT2D eigenvalue weighted by atomic mass is 9.99. The van der Waals surface area contributed by atoms with Gasteiger partial charge in [0.05, 0.1) is 0 Å². The quantitative estimate of drug-likeness (QED) is 0.573. The molecule has 0 saturated carbocycles. The van der Waals surface area contributed by atoms with Crippen LogP contribution in [0.2, 0.25) is 0 Å². The van der Waals surface area contributed by atoms with Gasteiger partial charge in [0.15, 0.2) is 0 Å². The summed E-state index contributed by atoms with van der Waals surface area (Å²) in [6.45, 7) is 6.83. The average Bonchev–Trinajstić information content (AvgIpc) is 2.40. The summed E-state index contributed by atoms with van der Waals surface area (Å²) in [7, 11) is 0. The van der Waals surface area contributed by atoms with Crippen molar-refractivity contribution in [3.63, 3.8) is 0 Å². The van der Waals surface area contributed by atoms with E-state index in [-0.39, 0.29) is 12.5 Å². The van der Waals surface area contributed by atoms with Crippen LogP contribution in [-0.4, -0.2) is 49.6 Å². The molecule has 20 heavy (non-hydrogen) atoms. The largest absolute Gasteiger partial charge is 0.370 e. The van der Waals surface area contributed by atoms with Crippen molar-refractivity contribution < 1.29 is 9.59 Å². The van der Waals surface area contributed by atoms with E-state index in [1.165, 1.54) is 25.9 Å². The number of piperidine rings is 1. The summed E-state index contributed by atoms with van der Waals surface area (Å²) in [6, 6.07) is -0.224. The number of rotatable bonds is 8. The fraction of sp³-hybridized carbons (Fsp3) is 0.857. The molecule has 1 heterocycles. The van der Waals surface area contributed by atoms with Crippen LogP contribution in [0.4, 0.5) is 4.79 Å². The normalized spacial score (nSPS) is 16.9. The maximum atomic E-state index is 11.3. The lowest BCUT2D eigenvalue weighted by Crippen LogP contribution is -2.38. The van der Waals surface area contributed by atoms with Crippen molar-refractivity contribution in [2.24, 2.45) is 11.7 Å². The maximum Gasteiger partial charge on any atom is 0.314 e. The Kier molecular flexibility index (Phi) is 8.02. The highest BCUT2D eigenvalue weighted by Gasteiger charge is 2.14. The fourth-order valence-corrected chi connectivity index (χ4v) is 2.31. The number of unbranched alkanes of at least 4 members (excludes halogenated alkanes) is 1. The number of carbonyl (C=O) groups is 2. The molecule has 1 saturated heterocycles. The number of urea groups is 1. The molecule has 0 atom stereocenters. The number of nitrogens with zero attached hydrogens (tertiary/aromatic N) is 1. The lowest BCUT2D eigenvalue weighted by molar-refractivity contribution is -0.117. The van der Waals surface area contributed by atoms with Crippen molar-refractivity contribution in [1.82, 2.24) is 15.5 Å². The summed E-state index contributed by atoms with van der Waals surface area (Å²) >= 11 is 0. The molecule has 1 rings (SSSR count). The first-order valence-corrected chi connectivity index (χ1v) is 7.60. The molecule has 1 fully saturated rings. The number of amides is 3. The van der Waals surface area contributed by atoms with Crippen LogP contribution in [0, 0.1) is 5.92 Å². The zero-order chi connectivity index (χ0) is 14.8. The molecule has 0 radical (unpaired) electrons. The molecule has 0 aromatic heterocycles. The Morgan fingerprint density at radius 1 is 1.15 bits per heavy atom. The molecule has 0 spiro atoms. The van der Waals surface area contributed by atoms with E-state index in [0.29, 0.717) is 13.1 Å². The van der Waals surface area contributed by atoms with Crippen LogP contribution >= 0.6 is 0 Å². The van der Waals surface area contributed by atoms with Crippen LogP contribution in [0.5, 0.6) is 0 Å². The molecule has 1 aliphatic heterocycles. The summed E-state index contributed by atoms with van der Waals surface area (Å²) in [5.41, 5.74) is 4.98. The number of hydrogen-bond acceptors (Lipinski definition) is 3. The zero-order valence-corrected chi connectivity index (χ0v) is 12.5. The van der Waals surface area contributed by atoms with Gasteiger partial charge in [-0.2, -0.15) is 0 Å². The standard InChI is InChI=1S/C14H28N4O2/c1-12-5-10-18(11-6-12)9-3-2-7-16-14(20)17-8-4-13(15)19/h12H,2-11H2,1H3,(H2,15,19)(H2,16,17,20). The van der Waals surface area contributed by atoms with Crippen LogP contribution < -0.4 is 16.4 Å². The predicted octanol–water partition coefficient (Wildman–Crippen LogP) is 0.673. The number of nitrogens with one attached hydrogen (secondary N) is 2. The molecule has 0 unspecified atom stereocenters. The van der Waals surface area contributed by atoms with Gasteiger partial charge in [-0.05, 0) is 51.2 Å². The van der Waals surface area contributed by atoms with Gasteiger partial charge in [-0.1, -0.05) is 6.92 Å². The highest BCUT2D eigenvalue weighted by molar-refractivity contribution is 5.76. The Morgan fingerprint density at radius 3 is 2.45 bits per heavy atom. The number of likely N-dealkylation sites (tertiary alicyclic amines) is 1. The molecule has 6 heteroatoms. The third-order valence-corrected chi connectivity index (χ3v) is 3.72. The zero-order valence-electron chi connectivity index (χ0n) is 12.5. The van der Waals surface area contributed by atoms with Crippen LogP contribution in [0.15, 0.2) is 0 Å².